The molecule has 0 fully saturated rings. The van der Waals surface area contributed by atoms with Crippen molar-refractivity contribution in [3.05, 3.63) is 0 Å². The molecule has 0 aliphatic carbocycles. The second-order valence-electron chi connectivity index (χ2n) is 8.89. The summed E-state index contributed by atoms with van der Waals surface area (Å²) in [7, 11) is 0. The molecule has 1 amide bonds. The van der Waals surface area contributed by atoms with E-state index in [-0.39, 0.29) is 11.9 Å². The minimum absolute atomic E-state index is 0.266. The lowest BCUT2D eigenvalue weighted by Gasteiger charge is -2.18. The van der Waals surface area contributed by atoms with Crippen molar-refractivity contribution < 1.29 is 19.1 Å². The smallest absolute Gasteiger partial charge is 0.407 e. The predicted octanol–water partition coefficient (Wildman–Crippen LogP) is 7.17. The molecule has 1 N–H and O–H groups in total. The maximum absolute atomic E-state index is 12.4. The van der Waals surface area contributed by atoms with Gasteiger partial charge in [0.2, 0.25) is 0 Å². The van der Waals surface area contributed by atoms with E-state index in [4.69, 9.17) is 9.47 Å². The van der Waals surface area contributed by atoms with Crippen molar-refractivity contribution in [3.8, 4) is 0 Å². The molecular formula is C25H49NO4. The van der Waals surface area contributed by atoms with E-state index in [9.17, 15) is 9.59 Å². The highest BCUT2D eigenvalue weighted by molar-refractivity contribution is 5.81. The molecule has 0 aromatic rings. The second-order valence-corrected chi connectivity index (χ2v) is 8.89. The largest absolute Gasteiger partial charge is 0.464 e. The molecule has 0 aliphatic heterocycles. The van der Waals surface area contributed by atoms with Gasteiger partial charge >= 0.3 is 12.1 Å². The molecule has 0 spiro atoms. The molecule has 0 aromatic carbocycles. The maximum atomic E-state index is 12.4. The van der Waals surface area contributed by atoms with Gasteiger partial charge in [0.25, 0.3) is 0 Å². The van der Waals surface area contributed by atoms with Crippen LogP contribution in [0.1, 0.15) is 124 Å². The average Bonchev–Trinajstić information content (AvgIpc) is 2.72. The summed E-state index contributed by atoms with van der Waals surface area (Å²) in [6.07, 6.45) is 16.8. The summed E-state index contributed by atoms with van der Waals surface area (Å²) in [5, 5.41) is 2.70. The normalized spacial score (nSPS) is 12.0. The zero-order chi connectivity index (χ0) is 22.5. The molecule has 0 saturated carbocycles. The summed E-state index contributed by atoms with van der Waals surface area (Å²) in [6, 6.07) is -0.607. The highest BCUT2D eigenvalue weighted by Crippen LogP contribution is 2.11. The molecular weight excluding hydrogens is 378 g/mol. The number of alkyl carbamates (subject to hydrolysis) is 1. The monoisotopic (exact) mass is 427 g/mol. The van der Waals surface area contributed by atoms with Gasteiger partial charge in [-0.1, -0.05) is 111 Å². The number of nitrogens with one attached hydrogen (secondary N) is 1. The van der Waals surface area contributed by atoms with Gasteiger partial charge in [-0.25, -0.2) is 9.59 Å². The van der Waals surface area contributed by atoms with Crippen molar-refractivity contribution in [1.29, 1.82) is 0 Å². The fourth-order valence-corrected chi connectivity index (χ4v) is 3.31. The van der Waals surface area contributed by atoms with Gasteiger partial charge in [0.15, 0.2) is 0 Å². The summed E-state index contributed by atoms with van der Waals surface area (Å²) in [5.74, 6) is -0.0639. The SMILES string of the molecule is CCCCCCCCCCCCOC(=O)C(CCCCCC)NC(=O)OCC(C)C. The molecule has 1 atom stereocenters. The molecule has 0 bridgehead atoms. The Labute approximate surface area is 186 Å². The van der Waals surface area contributed by atoms with E-state index in [1.165, 1.54) is 51.4 Å². The Morgan fingerprint density at radius 2 is 1.20 bits per heavy atom. The van der Waals surface area contributed by atoms with Crippen LogP contribution >= 0.6 is 0 Å². The van der Waals surface area contributed by atoms with E-state index in [1.807, 2.05) is 13.8 Å². The van der Waals surface area contributed by atoms with Crippen LogP contribution in [-0.4, -0.2) is 31.3 Å². The number of unbranched alkanes of at least 4 members (excludes halogenated alkanes) is 12. The van der Waals surface area contributed by atoms with E-state index in [0.717, 1.165) is 38.5 Å². The number of ether oxygens (including phenoxy) is 2. The highest BCUT2D eigenvalue weighted by atomic mass is 16.6. The summed E-state index contributed by atoms with van der Waals surface area (Å²) >= 11 is 0. The van der Waals surface area contributed by atoms with Crippen LogP contribution in [0.25, 0.3) is 0 Å². The predicted molar refractivity (Wildman–Crippen MR) is 125 cm³/mol. The van der Waals surface area contributed by atoms with E-state index < -0.39 is 12.1 Å². The molecule has 0 rings (SSSR count). The van der Waals surface area contributed by atoms with Crippen LogP contribution in [0.3, 0.4) is 0 Å². The summed E-state index contributed by atoms with van der Waals surface area (Å²) in [5.41, 5.74) is 0. The summed E-state index contributed by atoms with van der Waals surface area (Å²) in [6.45, 7) is 9.15. The quantitative estimate of drug-likeness (QED) is 0.165. The van der Waals surface area contributed by atoms with Crippen LogP contribution in [0, 0.1) is 5.92 Å². The first-order valence-corrected chi connectivity index (χ1v) is 12.6. The van der Waals surface area contributed by atoms with Crippen molar-refractivity contribution in [2.45, 2.75) is 130 Å². The topological polar surface area (TPSA) is 64.6 Å². The molecule has 0 aromatic heterocycles. The van der Waals surface area contributed by atoms with Gasteiger partial charge in [0, 0.05) is 0 Å². The average molecular weight is 428 g/mol. The lowest BCUT2D eigenvalue weighted by molar-refractivity contribution is -0.146. The third-order valence-corrected chi connectivity index (χ3v) is 5.21. The Kier molecular flexibility index (Phi) is 20.1. The van der Waals surface area contributed by atoms with E-state index in [0.29, 0.717) is 19.6 Å². The number of hydrogen-bond acceptors (Lipinski definition) is 4. The number of hydrogen-bond donors (Lipinski definition) is 1. The Balaban J connectivity index is 4.01. The molecule has 1 unspecified atom stereocenters. The molecule has 5 heteroatoms. The molecule has 0 radical (unpaired) electrons. The first kappa shape index (κ1) is 28.7. The third-order valence-electron chi connectivity index (χ3n) is 5.21. The molecule has 0 aliphatic rings. The molecule has 5 nitrogen and oxygen atoms in total. The maximum Gasteiger partial charge on any atom is 0.407 e. The summed E-state index contributed by atoms with van der Waals surface area (Å²) < 4.78 is 10.6. The van der Waals surface area contributed by atoms with Gasteiger partial charge in [0.05, 0.1) is 13.2 Å². The van der Waals surface area contributed by atoms with Gasteiger partial charge in [0.1, 0.15) is 6.04 Å². The standard InChI is InChI=1S/C25H49NO4/c1-5-7-9-11-12-13-14-15-16-18-20-29-24(27)23(19-17-10-8-6-2)26-25(28)30-21-22(3)4/h22-23H,5-21H2,1-4H3,(H,26,28). The molecule has 0 saturated heterocycles. The van der Waals surface area contributed by atoms with Crippen molar-refractivity contribution in [2.75, 3.05) is 13.2 Å². The Hall–Kier alpha value is -1.26. The molecule has 178 valence electrons. The number of rotatable bonds is 20. The lowest BCUT2D eigenvalue weighted by atomic mass is 10.1. The number of carbonyl (C=O) groups excluding carboxylic acids is 2. The van der Waals surface area contributed by atoms with E-state index >= 15 is 0 Å². The fourth-order valence-electron chi connectivity index (χ4n) is 3.31. The van der Waals surface area contributed by atoms with Crippen LogP contribution in [-0.2, 0) is 14.3 Å². The minimum Gasteiger partial charge on any atom is -0.464 e. The van der Waals surface area contributed by atoms with Gasteiger partial charge in [-0.05, 0) is 18.8 Å². The molecule has 30 heavy (non-hydrogen) atoms. The molecule has 0 heterocycles. The number of carbonyl (C=O) groups is 2. The van der Waals surface area contributed by atoms with Crippen LogP contribution in [0.15, 0.2) is 0 Å². The van der Waals surface area contributed by atoms with Crippen molar-refractivity contribution >= 4 is 12.1 Å². The van der Waals surface area contributed by atoms with Gasteiger partial charge < -0.3 is 14.8 Å². The lowest BCUT2D eigenvalue weighted by Crippen LogP contribution is -2.42. The van der Waals surface area contributed by atoms with E-state index in [2.05, 4.69) is 19.2 Å². The second kappa shape index (κ2) is 21.0. The van der Waals surface area contributed by atoms with Gasteiger partial charge in [-0.2, -0.15) is 0 Å². The van der Waals surface area contributed by atoms with Crippen molar-refractivity contribution in [2.24, 2.45) is 5.92 Å². The minimum atomic E-state index is -0.607. The van der Waals surface area contributed by atoms with Crippen LogP contribution < -0.4 is 5.32 Å². The number of amides is 1. The van der Waals surface area contributed by atoms with Crippen LogP contribution in [0.5, 0.6) is 0 Å². The first-order chi connectivity index (χ1) is 14.5. The first-order valence-electron chi connectivity index (χ1n) is 12.6. The summed E-state index contributed by atoms with van der Waals surface area (Å²) in [4.78, 5) is 24.4. The zero-order valence-electron chi connectivity index (χ0n) is 20.3. The Morgan fingerprint density at radius 1 is 0.700 bits per heavy atom. The Bertz CT molecular complexity index is 412. The van der Waals surface area contributed by atoms with Gasteiger partial charge in [-0.15, -0.1) is 0 Å². The third kappa shape index (κ3) is 18.7. The van der Waals surface area contributed by atoms with Crippen LogP contribution in [0.2, 0.25) is 0 Å². The Morgan fingerprint density at radius 3 is 1.73 bits per heavy atom. The van der Waals surface area contributed by atoms with E-state index in [1.54, 1.807) is 0 Å². The number of esters is 1. The van der Waals surface area contributed by atoms with Crippen molar-refractivity contribution in [1.82, 2.24) is 5.32 Å². The van der Waals surface area contributed by atoms with Crippen LogP contribution in [0.4, 0.5) is 4.79 Å². The van der Waals surface area contributed by atoms with Gasteiger partial charge in [-0.3, -0.25) is 0 Å². The van der Waals surface area contributed by atoms with Crippen molar-refractivity contribution in [3.63, 3.8) is 0 Å². The zero-order valence-corrected chi connectivity index (χ0v) is 20.3. The fraction of sp³-hybridized carbons (Fsp3) is 0.920. The highest BCUT2D eigenvalue weighted by Gasteiger charge is 2.22.